The van der Waals surface area contributed by atoms with E-state index in [1.54, 1.807) is 0 Å². The van der Waals surface area contributed by atoms with Crippen molar-refractivity contribution in [2.45, 2.75) is 83.8 Å². The second kappa shape index (κ2) is 11.9. The van der Waals surface area contributed by atoms with Gasteiger partial charge >= 0.3 is 11.9 Å². The van der Waals surface area contributed by atoms with E-state index in [2.05, 4.69) is 19.2 Å². The maximum absolute atomic E-state index is 11.7. The third-order valence-corrected chi connectivity index (χ3v) is 4.39. The van der Waals surface area contributed by atoms with Gasteiger partial charge in [0.05, 0.1) is 5.92 Å². The second-order valence-corrected chi connectivity index (χ2v) is 6.42. The molecule has 6 nitrogen and oxygen atoms in total. The van der Waals surface area contributed by atoms with Gasteiger partial charge in [-0.1, -0.05) is 52.4 Å². The molecular formula is C18H31NO5. The molecular weight excluding hydrogens is 310 g/mol. The summed E-state index contributed by atoms with van der Waals surface area (Å²) in [5.74, 6) is -0.633. The van der Waals surface area contributed by atoms with E-state index in [4.69, 9.17) is 9.47 Å². The lowest BCUT2D eigenvalue weighted by atomic mass is 9.86. The predicted molar refractivity (Wildman–Crippen MR) is 90.2 cm³/mol. The Hall–Kier alpha value is -1.59. The van der Waals surface area contributed by atoms with Gasteiger partial charge in [-0.2, -0.15) is 0 Å². The smallest absolute Gasteiger partial charge is 0.325 e. The van der Waals surface area contributed by atoms with E-state index in [-0.39, 0.29) is 30.6 Å². The molecule has 0 aliphatic carbocycles. The number of rotatable bonds is 14. The van der Waals surface area contributed by atoms with Crippen LogP contribution in [0.1, 0.15) is 71.6 Å². The lowest BCUT2D eigenvalue weighted by Crippen LogP contribution is -2.47. The second-order valence-electron chi connectivity index (χ2n) is 6.42. The molecule has 0 spiro atoms. The SMILES string of the molecule is CCCCCC[C@@H]1C(=O)O[C@H]1C[C@H](CCCC)OC(=O)CNC=O. The minimum atomic E-state index is -0.451. The summed E-state index contributed by atoms with van der Waals surface area (Å²) in [6.07, 6.45) is 8.70. The van der Waals surface area contributed by atoms with E-state index in [1.165, 1.54) is 12.8 Å². The molecule has 0 aromatic rings. The molecule has 0 radical (unpaired) electrons. The van der Waals surface area contributed by atoms with Crippen molar-refractivity contribution in [3.63, 3.8) is 0 Å². The topological polar surface area (TPSA) is 81.7 Å². The van der Waals surface area contributed by atoms with Gasteiger partial charge in [-0.15, -0.1) is 0 Å². The number of unbranched alkanes of at least 4 members (excludes halogenated alkanes) is 4. The van der Waals surface area contributed by atoms with Gasteiger partial charge in [-0.05, 0) is 12.8 Å². The molecule has 1 heterocycles. The molecule has 0 aromatic carbocycles. The maximum atomic E-state index is 11.7. The van der Waals surface area contributed by atoms with Crippen LogP contribution in [0.25, 0.3) is 0 Å². The molecule has 1 fully saturated rings. The van der Waals surface area contributed by atoms with E-state index >= 15 is 0 Å². The Morgan fingerprint density at radius 2 is 2.00 bits per heavy atom. The summed E-state index contributed by atoms with van der Waals surface area (Å²) in [7, 11) is 0. The first-order chi connectivity index (χ1) is 11.6. The Bertz CT molecular complexity index is 399. The summed E-state index contributed by atoms with van der Waals surface area (Å²) in [5.41, 5.74) is 0. The highest BCUT2D eigenvalue weighted by Gasteiger charge is 2.43. The third-order valence-electron chi connectivity index (χ3n) is 4.39. The Balaban J connectivity index is 2.44. The normalized spacial score (nSPS) is 20.7. The number of esters is 2. The molecule has 1 aliphatic heterocycles. The van der Waals surface area contributed by atoms with Gasteiger partial charge in [0.15, 0.2) is 0 Å². The third kappa shape index (κ3) is 7.32. The van der Waals surface area contributed by atoms with Gasteiger partial charge < -0.3 is 14.8 Å². The first-order valence-electron chi connectivity index (χ1n) is 9.19. The van der Waals surface area contributed by atoms with Crippen LogP contribution in [-0.4, -0.2) is 37.1 Å². The van der Waals surface area contributed by atoms with Crippen LogP contribution in [0.5, 0.6) is 0 Å². The summed E-state index contributed by atoms with van der Waals surface area (Å²) < 4.78 is 10.7. The largest absolute Gasteiger partial charge is 0.461 e. The molecule has 1 saturated heterocycles. The number of cyclic esters (lactones) is 1. The van der Waals surface area contributed by atoms with E-state index in [0.717, 1.165) is 38.5 Å². The number of carbonyl (C=O) groups excluding carboxylic acids is 3. The molecule has 1 N–H and O–H groups in total. The highest BCUT2D eigenvalue weighted by molar-refractivity contribution is 5.78. The Labute approximate surface area is 144 Å². The summed E-state index contributed by atoms with van der Waals surface area (Å²) in [6, 6.07) is 0. The summed E-state index contributed by atoms with van der Waals surface area (Å²) in [5, 5.41) is 2.31. The molecule has 1 aliphatic rings. The van der Waals surface area contributed by atoms with Gasteiger partial charge in [0.1, 0.15) is 18.8 Å². The van der Waals surface area contributed by atoms with Gasteiger partial charge in [0.2, 0.25) is 6.41 Å². The summed E-state index contributed by atoms with van der Waals surface area (Å²) in [4.78, 5) is 33.6. The zero-order valence-corrected chi connectivity index (χ0v) is 14.9. The van der Waals surface area contributed by atoms with Crippen LogP contribution < -0.4 is 5.32 Å². The zero-order valence-electron chi connectivity index (χ0n) is 14.9. The minimum Gasteiger partial charge on any atom is -0.461 e. The van der Waals surface area contributed by atoms with Crippen LogP contribution in [0.2, 0.25) is 0 Å². The van der Waals surface area contributed by atoms with Crippen molar-refractivity contribution in [2.24, 2.45) is 5.92 Å². The van der Waals surface area contributed by atoms with Crippen LogP contribution in [0.4, 0.5) is 0 Å². The Kier molecular flexibility index (Phi) is 10.1. The average molecular weight is 341 g/mol. The lowest BCUT2D eigenvalue weighted by molar-refractivity contribution is -0.190. The first-order valence-corrected chi connectivity index (χ1v) is 9.19. The van der Waals surface area contributed by atoms with Crippen LogP contribution in [0, 0.1) is 5.92 Å². The maximum Gasteiger partial charge on any atom is 0.325 e. The molecule has 24 heavy (non-hydrogen) atoms. The van der Waals surface area contributed by atoms with E-state index < -0.39 is 5.97 Å². The fourth-order valence-electron chi connectivity index (χ4n) is 2.97. The monoisotopic (exact) mass is 341 g/mol. The van der Waals surface area contributed by atoms with Gasteiger partial charge in [-0.3, -0.25) is 14.4 Å². The predicted octanol–water partition coefficient (Wildman–Crippen LogP) is 2.74. The Morgan fingerprint density at radius 1 is 1.25 bits per heavy atom. The van der Waals surface area contributed by atoms with Crippen LogP contribution in [-0.2, 0) is 23.9 Å². The number of amides is 1. The van der Waals surface area contributed by atoms with Crippen LogP contribution in [0.15, 0.2) is 0 Å². The number of carbonyl (C=O) groups is 3. The molecule has 0 aromatic heterocycles. The molecule has 3 atom stereocenters. The lowest BCUT2D eigenvalue weighted by Gasteiger charge is -2.37. The molecule has 138 valence electrons. The van der Waals surface area contributed by atoms with E-state index in [1.807, 2.05) is 0 Å². The number of hydrogen-bond donors (Lipinski definition) is 1. The standard InChI is InChI=1S/C18H31NO5/c1-3-5-7-8-10-15-16(24-18(15)22)11-14(9-6-4-2)23-17(21)12-19-13-20/h13-16H,3-12H2,1-2H3,(H,19,20)/t14-,15-,16-/m0/s1. The molecule has 1 rings (SSSR count). The quantitative estimate of drug-likeness (QED) is 0.298. The average Bonchev–Trinajstić information content (AvgIpc) is 2.57. The molecule has 0 bridgehead atoms. The molecule has 6 heteroatoms. The van der Waals surface area contributed by atoms with Crippen LogP contribution >= 0.6 is 0 Å². The number of ether oxygens (including phenoxy) is 2. The van der Waals surface area contributed by atoms with Gasteiger partial charge in [-0.25, -0.2) is 0 Å². The van der Waals surface area contributed by atoms with E-state index in [9.17, 15) is 14.4 Å². The van der Waals surface area contributed by atoms with Crippen molar-refractivity contribution in [3.05, 3.63) is 0 Å². The van der Waals surface area contributed by atoms with Crippen molar-refractivity contribution in [1.29, 1.82) is 0 Å². The minimum absolute atomic E-state index is 0.0576. The first kappa shape index (κ1) is 20.5. The summed E-state index contributed by atoms with van der Waals surface area (Å²) in [6.45, 7) is 4.11. The van der Waals surface area contributed by atoms with Crippen LogP contribution in [0.3, 0.4) is 0 Å². The van der Waals surface area contributed by atoms with Gasteiger partial charge in [0.25, 0.3) is 0 Å². The highest BCUT2D eigenvalue weighted by Crippen LogP contribution is 2.32. The molecule has 0 saturated carbocycles. The molecule has 0 unspecified atom stereocenters. The number of hydrogen-bond acceptors (Lipinski definition) is 5. The van der Waals surface area contributed by atoms with Crippen molar-refractivity contribution < 1.29 is 23.9 Å². The number of nitrogens with one attached hydrogen (secondary N) is 1. The van der Waals surface area contributed by atoms with Gasteiger partial charge in [0, 0.05) is 6.42 Å². The fraction of sp³-hybridized carbons (Fsp3) is 0.833. The van der Waals surface area contributed by atoms with E-state index in [0.29, 0.717) is 12.8 Å². The Morgan fingerprint density at radius 3 is 2.62 bits per heavy atom. The highest BCUT2D eigenvalue weighted by atomic mass is 16.6. The van der Waals surface area contributed by atoms with Crippen molar-refractivity contribution in [1.82, 2.24) is 5.32 Å². The fourth-order valence-corrected chi connectivity index (χ4v) is 2.97. The summed E-state index contributed by atoms with van der Waals surface area (Å²) >= 11 is 0. The van der Waals surface area contributed by atoms with Crippen molar-refractivity contribution >= 4 is 18.3 Å². The molecule has 1 amide bonds. The van der Waals surface area contributed by atoms with Crippen molar-refractivity contribution in [3.8, 4) is 0 Å². The zero-order chi connectivity index (χ0) is 17.8. The van der Waals surface area contributed by atoms with Crippen molar-refractivity contribution in [2.75, 3.05) is 6.54 Å².